The maximum atomic E-state index is 14.9. The molecule has 11 heteroatoms. The maximum absolute atomic E-state index is 14.9. The van der Waals surface area contributed by atoms with Gasteiger partial charge in [0.25, 0.3) is 5.56 Å². The smallest absolute Gasteiger partial charge is 0.279 e. The van der Waals surface area contributed by atoms with Gasteiger partial charge in [-0.3, -0.25) is 14.0 Å². The van der Waals surface area contributed by atoms with E-state index in [-0.39, 0.29) is 39.9 Å². The summed E-state index contributed by atoms with van der Waals surface area (Å²) in [6, 6.07) is 3.23. The highest BCUT2D eigenvalue weighted by atomic mass is 19.1. The Labute approximate surface area is 213 Å². The molecule has 1 aliphatic heterocycles. The lowest BCUT2D eigenvalue weighted by Crippen LogP contribution is -2.50. The molecule has 1 aromatic carbocycles. The molecular weight excluding hydrogens is 480 g/mol. The molecule has 0 radical (unpaired) electrons. The topological polar surface area (TPSA) is 91.0 Å². The van der Waals surface area contributed by atoms with E-state index in [1.54, 1.807) is 24.9 Å². The molecule has 9 nitrogen and oxygen atoms in total. The van der Waals surface area contributed by atoms with Gasteiger partial charge < -0.3 is 9.64 Å². The van der Waals surface area contributed by atoms with Gasteiger partial charge in [-0.25, -0.2) is 23.7 Å². The van der Waals surface area contributed by atoms with Crippen molar-refractivity contribution in [3.05, 3.63) is 64.0 Å². The van der Waals surface area contributed by atoms with Gasteiger partial charge in [-0.05, 0) is 32.9 Å². The van der Waals surface area contributed by atoms with Crippen LogP contribution in [0.15, 0.2) is 35.4 Å². The first-order valence-electron chi connectivity index (χ1n) is 12.1. The van der Waals surface area contributed by atoms with Crippen LogP contribution in [0.3, 0.4) is 0 Å². The quantitative estimate of drug-likeness (QED) is 0.409. The summed E-state index contributed by atoms with van der Waals surface area (Å²) in [5.41, 5.74) is 0.331. The first-order chi connectivity index (χ1) is 17.5. The van der Waals surface area contributed by atoms with Crippen LogP contribution in [-0.4, -0.2) is 48.0 Å². The number of aromatic nitrogens is 6. The largest absolute Gasteiger partial charge is 0.364 e. The van der Waals surface area contributed by atoms with Crippen molar-refractivity contribution in [3.63, 3.8) is 0 Å². The van der Waals surface area contributed by atoms with E-state index in [2.05, 4.69) is 20.1 Å². The lowest BCUT2D eigenvalue weighted by atomic mass is 10.0. The molecule has 5 rings (SSSR count). The Balaban J connectivity index is 0.00000156. The Bertz CT molecular complexity index is 1510. The summed E-state index contributed by atoms with van der Waals surface area (Å²) in [5, 5.41) is 4.24. The molecule has 4 heterocycles. The molecule has 3 aromatic heterocycles. The molecule has 0 unspecified atom stereocenters. The fraction of sp³-hybridized carbons (Fsp3) is 0.423. The molecule has 0 N–H and O–H groups in total. The zero-order chi connectivity index (χ0) is 27.1. The third-order valence-corrected chi connectivity index (χ3v) is 6.12. The SMILES string of the molecule is CC.Cc1nc2c(-c3ccc(F)cc3F)nc(N3C[C@H](c4cnn(C)c4)OC(C)(C)C3)nc2c(=O)n1C. The van der Waals surface area contributed by atoms with Gasteiger partial charge in [0.2, 0.25) is 5.95 Å². The van der Waals surface area contributed by atoms with Crippen LogP contribution in [0.4, 0.5) is 14.7 Å². The second-order valence-corrected chi connectivity index (χ2v) is 9.41. The zero-order valence-electron chi connectivity index (χ0n) is 22.1. The predicted octanol–water partition coefficient (Wildman–Crippen LogP) is 4.09. The van der Waals surface area contributed by atoms with Gasteiger partial charge in [0.05, 0.1) is 18.3 Å². The molecule has 0 spiro atoms. The predicted molar refractivity (Wildman–Crippen MR) is 137 cm³/mol. The molecule has 1 atom stereocenters. The molecule has 0 bridgehead atoms. The molecule has 0 amide bonds. The summed E-state index contributed by atoms with van der Waals surface area (Å²) < 4.78 is 37.9. The van der Waals surface area contributed by atoms with E-state index in [0.29, 0.717) is 18.9 Å². The molecule has 1 aliphatic rings. The molecule has 196 valence electrons. The van der Waals surface area contributed by atoms with Crippen LogP contribution < -0.4 is 10.5 Å². The van der Waals surface area contributed by atoms with Crippen LogP contribution in [0.1, 0.15) is 45.2 Å². The van der Waals surface area contributed by atoms with Crippen molar-refractivity contribution in [1.82, 2.24) is 29.3 Å². The standard InChI is InChI=1S/C24H25F2N7O2.C2H6/c1-13-28-20-19(16-7-6-15(25)8-17(16)26)29-23(30-21(20)22(34)32(13)5)33-11-18(35-24(2,3)12-33)14-9-27-31(4)10-14;1-2/h6-10,18H,11-12H2,1-5H3;1-2H3/t18-;/m1./s1. The van der Waals surface area contributed by atoms with E-state index in [1.807, 2.05) is 45.8 Å². The number of rotatable bonds is 3. The second-order valence-electron chi connectivity index (χ2n) is 9.41. The minimum atomic E-state index is -0.799. The Hall–Kier alpha value is -3.73. The van der Waals surface area contributed by atoms with E-state index in [9.17, 15) is 13.6 Å². The number of ether oxygens (including phenoxy) is 1. The summed E-state index contributed by atoms with van der Waals surface area (Å²) in [7, 11) is 3.43. The van der Waals surface area contributed by atoms with E-state index in [4.69, 9.17) is 4.74 Å². The number of hydrogen-bond acceptors (Lipinski definition) is 7. The van der Waals surface area contributed by atoms with E-state index >= 15 is 0 Å². The number of halogens is 2. The van der Waals surface area contributed by atoms with Crippen molar-refractivity contribution >= 4 is 17.0 Å². The van der Waals surface area contributed by atoms with Crippen LogP contribution in [0.2, 0.25) is 0 Å². The average Bonchev–Trinajstić information content (AvgIpc) is 3.29. The van der Waals surface area contributed by atoms with Gasteiger partial charge >= 0.3 is 0 Å². The summed E-state index contributed by atoms with van der Waals surface area (Å²) in [4.78, 5) is 28.8. The van der Waals surface area contributed by atoms with Crippen LogP contribution >= 0.6 is 0 Å². The molecule has 0 aliphatic carbocycles. The zero-order valence-corrected chi connectivity index (χ0v) is 22.1. The van der Waals surface area contributed by atoms with E-state index in [1.165, 1.54) is 10.6 Å². The van der Waals surface area contributed by atoms with Crippen molar-refractivity contribution in [2.45, 2.75) is 46.3 Å². The number of anilines is 1. The number of benzene rings is 1. The van der Waals surface area contributed by atoms with Gasteiger partial charge in [0.15, 0.2) is 5.52 Å². The lowest BCUT2D eigenvalue weighted by Gasteiger charge is -2.42. The van der Waals surface area contributed by atoms with Gasteiger partial charge in [0, 0.05) is 44.0 Å². The summed E-state index contributed by atoms with van der Waals surface area (Å²) in [5.74, 6) is -0.846. The van der Waals surface area contributed by atoms with E-state index < -0.39 is 17.2 Å². The van der Waals surface area contributed by atoms with Crippen molar-refractivity contribution in [2.24, 2.45) is 14.1 Å². The number of fused-ring (bicyclic) bond motifs is 1. The fourth-order valence-electron chi connectivity index (χ4n) is 4.37. The molecule has 0 saturated carbocycles. The van der Waals surface area contributed by atoms with Crippen molar-refractivity contribution < 1.29 is 13.5 Å². The van der Waals surface area contributed by atoms with Crippen LogP contribution in [0, 0.1) is 18.6 Å². The normalized spacial score (nSPS) is 17.0. The van der Waals surface area contributed by atoms with Crippen LogP contribution in [0.5, 0.6) is 0 Å². The number of nitrogens with zero attached hydrogens (tertiary/aromatic N) is 7. The first kappa shape index (κ1) is 26.3. The fourth-order valence-corrected chi connectivity index (χ4v) is 4.37. The molecule has 37 heavy (non-hydrogen) atoms. The minimum Gasteiger partial charge on any atom is -0.364 e. The van der Waals surface area contributed by atoms with Crippen molar-refractivity contribution in [1.29, 1.82) is 0 Å². The molecule has 1 saturated heterocycles. The van der Waals surface area contributed by atoms with Gasteiger partial charge in [-0.2, -0.15) is 5.10 Å². The number of aryl methyl sites for hydroxylation is 2. The highest BCUT2D eigenvalue weighted by molar-refractivity contribution is 5.89. The Kier molecular flexibility index (Phi) is 7.09. The van der Waals surface area contributed by atoms with Crippen LogP contribution in [0.25, 0.3) is 22.3 Å². The Morgan fingerprint density at radius 1 is 1.08 bits per heavy atom. The molecular formula is C26H31F2N7O2. The van der Waals surface area contributed by atoms with E-state index in [0.717, 1.165) is 17.7 Å². The summed E-state index contributed by atoms with van der Waals surface area (Å²) >= 11 is 0. The second kappa shape index (κ2) is 9.97. The highest BCUT2D eigenvalue weighted by Crippen LogP contribution is 2.34. The lowest BCUT2D eigenvalue weighted by molar-refractivity contribution is -0.0859. The first-order valence-corrected chi connectivity index (χ1v) is 12.1. The van der Waals surface area contributed by atoms with Gasteiger partial charge in [-0.15, -0.1) is 0 Å². The average molecular weight is 512 g/mol. The third-order valence-electron chi connectivity index (χ3n) is 6.12. The Morgan fingerprint density at radius 2 is 1.81 bits per heavy atom. The number of morpholine rings is 1. The highest BCUT2D eigenvalue weighted by Gasteiger charge is 2.36. The van der Waals surface area contributed by atoms with Gasteiger partial charge in [0.1, 0.15) is 34.8 Å². The van der Waals surface area contributed by atoms with Crippen molar-refractivity contribution in [3.8, 4) is 11.3 Å². The Morgan fingerprint density at radius 3 is 2.46 bits per heavy atom. The molecule has 1 fully saturated rings. The summed E-state index contributed by atoms with van der Waals surface area (Å²) in [6.07, 6.45) is 3.30. The van der Waals surface area contributed by atoms with Gasteiger partial charge in [-0.1, -0.05) is 13.8 Å². The molecule has 4 aromatic rings. The maximum Gasteiger partial charge on any atom is 0.279 e. The minimum absolute atomic E-state index is 0.0385. The summed E-state index contributed by atoms with van der Waals surface area (Å²) in [6.45, 7) is 10.4. The monoisotopic (exact) mass is 511 g/mol. The number of hydrogen-bond donors (Lipinski definition) is 0. The third kappa shape index (κ3) is 5.08. The van der Waals surface area contributed by atoms with Crippen molar-refractivity contribution in [2.75, 3.05) is 18.0 Å². The van der Waals surface area contributed by atoms with Crippen LogP contribution in [-0.2, 0) is 18.8 Å².